The Balaban J connectivity index is 1.59. The monoisotopic (exact) mass is 368 g/mol. The van der Waals surface area contributed by atoms with E-state index in [0.717, 1.165) is 30.5 Å². The molecule has 2 aromatic carbocycles. The minimum absolute atomic E-state index is 0.600. The second kappa shape index (κ2) is 6.28. The van der Waals surface area contributed by atoms with E-state index in [-0.39, 0.29) is 0 Å². The van der Waals surface area contributed by atoms with E-state index < -0.39 is 0 Å². The van der Waals surface area contributed by atoms with Crippen molar-refractivity contribution in [2.45, 2.75) is 33.4 Å². The van der Waals surface area contributed by atoms with E-state index in [0.29, 0.717) is 9.60 Å². The highest BCUT2D eigenvalue weighted by Gasteiger charge is 2.08. The summed E-state index contributed by atoms with van der Waals surface area (Å²) >= 11 is 3.07. The number of benzene rings is 2. The molecule has 0 aliphatic carbocycles. The normalized spacial score (nSPS) is 11.6. The van der Waals surface area contributed by atoms with Gasteiger partial charge in [0.2, 0.25) is 0 Å². The van der Waals surface area contributed by atoms with Gasteiger partial charge in [-0.25, -0.2) is 0 Å². The zero-order chi connectivity index (χ0) is 17.6. The quantitative estimate of drug-likeness (QED) is 0.537. The highest BCUT2D eigenvalue weighted by Crippen LogP contribution is 2.21. The standard InChI is InChI=1S/C19H20N4S2/c1-12-4-6-14-16(10-12)24-18(20)22(14)8-3-9-23-15-7-5-13(2)11-17(15)25-19(23)21/h4-7,10-11,20-21H,3,8-9H2,1-2H3. The molecule has 2 heterocycles. The Morgan fingerprint density at radius 1 is 0.760 bits per heavy atom. The van der Waals surface area contributed by atoms with Crippen molar-refractivity contribution < 1.29 is 0 Å². The lowest BCUT2D eigenvalue weighted by molar-refractivity contribution is 0.563. The van der Waals surface area contributed by atoms with Gasteiger partial charge in [0.1, 0.15) is 0 Å². The number of aryl methyl sites for hydroxylation is 4. The predicted molar refractivity (Wildman–Crippen MR) is 105 cm³/mol. The summed E-state index contributed by atoms with van der Waals surface area (Å²) in [7, 11) is 0. The van der Waals surface area contributed by atoms with Crippen LogP contribution in [0.15, 0.2) is 36.4 Å². The smallest absolute Gasteiger partial charge is 0.182 e. The van der Waals surface area contributed by atoms with Crippen LogP contribution < -0.4 is 9.60 Å². The number of nitrogens with zero attached hydrogens (tertiary/aromatic N) is 2. The highest BCUT2D eigenvalue weighted by molar-refractivity contribution is 7.16. The predicted octanol–water partition coefficient (Wildman–Crippen LogP) is 4.39. The van der Waals surface area contributed by atoms with Crippen molar-refractivity contribution >= 4 is 43.1 Å². The van der Waals surface area contributed by atoms with Gasteiger partial charge in [-0.3, -0.25) is 10.8 Å². The maximum absolute atomic E-state index is 8.26. The first-order valence-electron chi connectivity index (χ1n) is 8.32. The third kappa shape index (κ3) is 2.96. The molecule has 0 aliphatic heterocycles. The minimum Gasteiger partial charge on any atom is -0.317 e. The van der Waals surface area contributed by atoms with Crippen molar-refractivity contribution in [3.05, 3.63) is 57.1 Å². The van der Waals surface area contributed by atoms with E-state index in [1.54, 1.807) is 0 Å². The summed E-state index contributed by atoms with van der Waals surface area (Å²) < 4.78 is 6.52. The lowest BCUT2D eigenvalue weighted by atomic mass is 10.2. The summed E-state index contributed by atoms with van der Waals surface area (Å²) in [6.07, 6.45) is 0.909. The van der Waals surface area contributed by atoms with Gasteiger partial charge in [0.05, 0.1) is 20.4 Å². The van der Waals surface area contributed by atoms with Crippen LogP contribution >= 0.6 is 22.7 Å². The van der Waals surface area contributed by atoms with Gasteiger partial charge in [0.15, 0.2) is 9.60 Å². The van der Waals surface area contributed by atoms with Crippen LogP contribution in [0.2, 0.25) is 0 Å². The van der Waals surface area contributed by atoms with Crippen LogP contribution in [-0.4, -0.2) is 9.13 Å². The topological polar surface area (TPSA) is 57.6 Å². The van der Waals surface area contributed by atoms with Crippen molar-refractivity contribution in [2.24, 2.45) is 0 Å². The molecule has 0 atom stereocenters. The molecule has 2 aromatic heterocycles. The van der Waals surface area contributed by atoms with Crippen LogP contribution in [0.1, 0.15) is 17.5 Å². The Morgan fingerprint density at radius 3 is 1.64 bits per heavy atom. The molecule has 6 heteroatoms. The van der Waals surface area contributed by atoms with E-state index in [1.165, 1.54) is 43.2 Å². The Labute approximate surface area is 153 Å². The second-order valence-corrected chi connectivity index (χ2v) is 8.47. The molecule has 4 nitrogen and oxygen atoms in total. The van der Waals surface area contributed by atoms with Crippen LogP contribution in [0.25, 0.3) is 20.4 Å². The number of aromatic nitrogens is 2. The first-order valence-corrected chi connectivity index (χ1v) is 9.95. The van der Waals surface area contributed by atoms with Crippen LogP contribution in [0, 0.1) is 24.7 Å². The lowest BCUT2D eigenvalue weighted by Crippen LogP contribution is -2.18. The van der Waals surface area contributed by atoms with Crippen molar-refractivity contribution in [3.8, 4) is 0 Å². The molecular weight excluding hydrogens is 348 g/mol. The van der Waals surface area contributed by atoms with E-state index in [9.17, 15) is 0 Å². The van der Waals surface area contributed by atoms with Crippen molar-refractivity contribution in [3.63, 3.8) is 0 Å². The summed E-state index contributed by atoms with van der Waals surface area (Å²) in [6.45, 7) is 5.78. The maximum atomic E-state index is 8.26. The molecule has 0 saturated heterocycles. The summed E-state index contributed by atoms with van der Waals surface area (Å²) in [5, 5.41) is 16.5. The molecule has 0 bridgehead atoms. The second-order valence-electron chi connectivity index (χ2n) is 6.41. The zero-order valence-corrected chi connectivity index (χ0v) is 15.9. The molecule has 0 saturated carbocycles. The molecular formula is C19H20N4S2. The van der Waals surface area contributed by atoms with Gasteiger partial charge >= 0.3 is 0 Å². The summed E-state index contributed by atoms with van der Waals surface area (Å²) in [4.78, 5) is 1.20. The van der Waals surface area contributed by atoms with Crippen molar-refractivity contribution in [1.29, 1.82) is 10.8 Å². The molecule has 128 valence electrons. The number of fused-ring (bicyclic) bond motifs is 2. The van der Waals surface area contributed by atoms with Gasteiger partial charge < -0.3 is 9.13 Å². The average Bonchev–Trinajstić information content (AvgIpc) is 3.03. The Hall–Kier alpha value is -2.18. The zero-order valence-electron chi connectivity index (χ0n) is 14.3. The number of nitrogens with one attached hydrogen (secondary N) is 2. The third-order valence-electron chi connectivity index (χ3n) is 4.48. The third-order valence-corrected chi connectivity index (χ3v) is 6.40. The summed E-state index contributed by atoms with van der Waals surface area (Å²) in [5.41, 5.74) is 4.75. The molecule has 4 rings (SSSR count). The average molecular weight is 369 g/mol. The number of hydrogen-bond acceptors (Lipinski definition) is 4. The number of rotatable bonds is 4. The fourth-order valence-corrected chi connectivity index (χ4v) is 5.29. The summed E-state index contributed by atoms with van der Waals surface area (Å²) in [6, 6.07) is 12.8. The van der Waals surface area contributed by atoms with Crippen LogP contribution in [0.4, 0.5) is 0 Å². The Bertz CT molecular complexity index is 1100. The maximum Gasteiger partial charge on any atom is 0.182 e. The van der Waals surface area contributed by atoms with Gasteiger partial charge in [-0.05, 0) is 55.7 Å². The van der Waals surface area contributed by atoms with Crippen molar-refractivity contribution in [1.82, 2.24) is 9.13 Å². The fourth-order valence-electron chi connectivity index (χ4n) is 3.22. The molecule has 0 radical (unpaired) electrons. The van der Waals surface area contributed by atoms with Gasteiger partial charge in [-0.1, -0.05) is 34.8 Å². The molecule has 0 spiro atoms. The van der Waals surface area contributed by atoms with Gasteiger partial charge in [-0.15, -0.1) is 0 Å². The molecule has 0 aliphatic rings. The first kappa shape index (κ1) is 16.3. The number of thiazole rings is 2. The SMILES string of the molecule is Cc1ccc2c(c1)sc(=N)n2CCCn1c(=N)sc2cc(C)ccc21. The minimum atomic E-state index is 0.600. The summed E-state index contributed by atoms with van der Waals surface area (Å²) in [5.74, 6) is 0. The molecule has 0 amide bonds. The Kier molecular flexibility index (Phi) is 4.09. The fraction of sp³-hybridized carbons (Fsp3) is 0.263. The molecule has 4 aromatic rings. The van der Waals surface area contributed by atoms with Crippen LogP contribution in [0.5, 0.6) is 0 Å². The molecule has 25 heavy (non-hydrogen) atoms. The van der Waals surface area contributed by atoms with E-state index in [4.69, 9.17) is 10.8 Å². The molecule has 0 unspecified atom stereocenters. The Morgan fingerprint density at radius 2 is 1.20 bits per heavy atom. The van der Waals surface area contributed by atoms with E-state index in [2.05, 4.69) is 59.4 Å². The first-order chi connectivity index (χ1) is 12.0. The largest absolute Gasteiger partial charge is 0.317 e. The van der Waals surface area contributed by atoms with Crippen LogP contribution in [0.3, 0.4) is 0 Å². The van der Waals surface area contributed by atoms with E-state index >= 15 is 0 Å². The van der Waals surface area contributed by atoms with Gasteiger partial charge in [0, 0.05) is 13.1 Å². The van der Waals surface area contributed by atoms with E-state index in [1.807, 2.05) is 0 Å². The molecule has 0 fully saturated rings. The van der Waals surface area contributed by atoms with Crippen molar-refractivity contribution in [2.75, 3.05) is 0 Å². The molecule has 2 N–H and O–H groups in total. The number of hydrogen-bond donors (Lipinski definition) is 2. The van der Waals surface area contributed by atoms with Gasteiger partial charge in [0.25, 0.3) is 0 Å². The highest BCUT2D eigenvalue weighted by atomic mass is 32.1. The van der Waals surface area contributed by atoms with Crippen LogP contribution in [-0.2, 0) is 13.1 Å². The lowest BCUT2D eigenvalue weighted by Gasteiger charge is -2.07. The van der Waals surface area contributed by atoms with Gasteiger partial charge in [-0.2, -0.15) is 0 Å².